The van der Waals surface area contributed by atoms with Crippen molar-refractivity contribution in [2.45, 2.75) is 51.0 Å². The first-order valence-electron chi connectivity index (χ1n) is 10.2. The van der Waals surface area contributed by atoms with Crippen molar-refractivity contribution in [3.63, 3.8) is 0 Å². The highest BCUT2D eigenvalue weighted by Crippen LogP contribution is 2.60. The quantitative estimate of drug-likeness (QED) is 0.772. The Morgan fingerprint density at radius 1 is 1.07 bits per heavy atom. The molecule has 0 radical (unpaired) electrons. The van der Waals surface area contributed by atoms with Crippen molar-refractivity contribution in [3.8, 4) is 0 Å². The third kappa shape index (κ3) is 3.59. The van der Waals surface area contributed by atoms with Crippen LogP contribution >= 0.6 is 11.8 Å². The first kappa shape index (κ1) is 19.1. The molecule has 5 aliphatic rings. The van der Waals surface area contributed by atoms with Gasteiger partial charge in [0.25, 0.3) is 0 Å². The molecule has 6 nitrogen and oxygen atoms in total. The van der Waals surface area contributed by atoms with Crippen LogP contribution in [0.3, 0.4) is 0 Å². The summed E-state index contributed by atoms with van der Waals surface area (Å²) in [5, 5.41) is 3.07. The number of rotatable bonds is 5. The van der Waals surface area contributed by atoms with Crippen molar-refractivity contribution < 1.29 is 14.4 Å². The largest absolute Gasteiger partial charge is 0.355 e. The zero-order valence-electron chi connectivity index (χ0n) is 16.4. The van der Waals surface area contributed by atoms with Crippen LogP contribution in [0.15, 0.2) is 0 Å². The van der Waals surface area contributed by atoms with Gasteiger partial charge in [-0.25, -0.2) is 0 Å². The van der Waals surface area contributed by atoms with Crippen molar-refractivity contribution >= 4 is 29.5 Å². The Morgan fingerprint density at radius 3 is 2.22 bits per heavy atom. The number of hydrogen-bond acceptors (Lipinski definition) is 4. The second kappa shape index (κ2) is 7.30. The number of carbonyl (C=O) groups excluding carboxylic acids is 3. The van der Waals surface area contributed by atoms with Gasteiger partial charge in [-0.2, -0.15) is 0 Å². The maximum Gasteiger partial charge on any atom is 0.245 e. The molecule has 3 amide bonds. The molecule has 1 N–H and O–H groups in total. The first-order chi connectivity index (χ1) is 12.9. The third-order valence-electron chi connectivity index (χ3n) is 7.07. The summed E-state index contributed by atoms with van der Waals surface area (Å²) in [6, 6.07) is -0.364. The summed E-state index contributed by atoms with van der Waals surface area (Å²) in [6.45, 7) is 0.378. The number of likely N-dealkylation sites (N-methyl/N-ethyl adjacent to an activating group) is 1. The zero-order valence-corrected chi connectivity index (χ0v) is 17.2. The maximum atomic E-state index is 13.0. The van der Waals surface area contributed by atoms with Gasteiger partial charge in [-0.1, -0.05) is 0 Å². The molecule has 1 atom stereocenters. The van der Waals surface area contributed by atoms with E-state index in [0.717, 1.165) is 37.0 Å². The second-order valence-electron chi connectivity index (χ2n) is 9.32. The normalized spacial score (nSPS) is 36.7. The van der Waals surface area contributed by atoms with E-state index in [-0.39, 0.29) is 35.6 Å². The van der Waals surface area contributed by atoms with Crippen molar-refractivity contribution in [2.24, 2.45) is 23.2 Å². The fourth-order valence-corrected chi connectivity index (χ4v) is 7.37. The summed E-state index contributed by atoms with van der Waals surface area (Å²) >= 11 is 1.61. The topological polar surface area (TPSA) is 69.7 Å². The van der Waals surface area contributed by atoms with Crippen molar-refractivity contribution in [1.29, 1.82) is 0 Å². The van der Waals surface area contributed by atoms with E-state index in [0.29, 0.717) is 18.2 Å². The van der Waals surface area contributed by atoms with Gasteiger partial charge in [0.05, 0.1) is 5.88 Å². The Hall–Kier alpha value is -1.24. The number of nitrogens with one attached hydrogen (secondary N) is 1. The number of hydrogen-bond donors (Lipinski definition) is 1. The van der Waals surface area contributed by atoms with Crippen LogP contribution in [0.4, 0.5) is 0 Å². The lowest BCUT2D eigenvalue weighted by Gasteiger charge is -2.55. The molecule has 4 aliphatic carbocycles. The highest BCUT2D eigenvalue weighted by molar-refractivity contribution is 7.99. The van der Waals surface area contributed by atoms with Crippen LogP contribution in [0.1, 0.15) is 44.9 Å². The first-order valence-corrected chi connectivity index (χ1v) is 11.4. The Morgan fingerprint density at radius 2 is 1.67 bits per heavy atom. The Labute approximate surface area is 165 Å². The summed E-state index contributed by atoms with van der Waals surface area (Å²) in [7, 11) is 3.44. The molecule has 150 valence electrons. The van der Waals surface area contributed by atoms with Gasteiger partial charge in [0.1, 0.15) is 6.04 Å². The summed E-state index contributed by atoms with van der Waals surface area (Å²) in [5.74, 6) is 3.55. The van der Waals surface area contributed by atoms with E-state index in [1.807, 2.05) is 0 Å². The summed E-state index contributed by atoms with van der Waals surface area (Å²) in [5.41, 5.74) is -0.162. The van der Waals surface area contributed by atoms with Crippen LogP contribution in [-0.2, 0) is 14.4 Å². The molecule has 1 saturated heterocycles. The Bertz CT molecular complexity index is 601. The van der Waals surface area contributed by atoms with Crippen LogP contribution < -0.4 is 5.32 Å². The molecular formula is C20H31N3O3S. The molecule has 7 heteroatoms. The Balaban J connectivity index is 1.29. The predicted octanol–water partition coefficient (Wildman–Crippen LogP) is 1.70. The zero-order chi connectivity index (χ0) is 19.2. The van der Waals surface area contributed by atoms with Gasteiger partial charge in [-0.05, 0) is 56.3 Å². The lowest BCUT2D eigenvalue weighted by Crippen LogP contribution is -2.54. The van der Waals surface area contributed by atoms with Gasteiger partial charge >= 0.3 is 0 Å². The molecule has 0 aromatic carbocycles. The summed E-state index contributed by atoms with van der Waals surface area (Å²) < 4.78 is 0. The number of amides is 3. The van der Waals surface area contributed by atoms with Gasteiger partial charge in [0.2, 0.25) is 17.7 Å². The minimum Gasteiger partial charge on any atom is -0.355 e. The van der Waals surface area contributed by atoms with Crippen molar-refractivity contribution in [1.82, 2.24) is 15.1 Å². The highest BCUT2D eigenvalue weighted by atomic mass is 32.2. The molecule has 0 unspecified atom stereocenters. The Kier molecular flexibility index (Phi) is 5.16. The molecule has 5 fully saturated rings. The standard InChI is InChI=1S/C20H31N3O3S/c1-22(2)18(25)16-11-27-12-23(16)17(24)3-4-21-19(26)20-8-13-5-14(9-20)7-15(6-13)10-20/h13-16H,3-12H2,1-2H3,(H,21,26)/t13?,14?,15?,16-,20?/m1/s1. The van der Waals surface area contributed by atoms with Gasteiger partial charge in [0, 0.05) is 38.2 Å². The van der Waals surface area contributed by atoms with E-state index in [4.69, 9.17) is 0 Å². The SMILES string of the molecule is CN(C)C(=O)[C@H]1CSCN1C(=O)CCNC(=O)C12CC3CC(CC(C3)C1)C2. The minimum atomic E-state index is -0.364. The van der Waals surface area contributed by atoms with E-state index in [1.54, 1.807) is 35.7 Å². The molecule has 1 aliphatic heterocycles. The molecule has 0 aromatic rings. The smallest absolute Gasteiger partial charge is 0.245 e. The molecule has 0 spiro atoms. The number of carbonyl (C=O) groups is 3. The van der Waals surface area contributed by atoms with Gasteiger partial charge < -0.3 is 15.1 Å². The minimum absolute atomic E-state index is 0.0223. The maximum absolute atomic E-state index is 13.0. The van der Waals surface area contributed by atoms with E-state index in [1.165, 1.54) is 19.3 Å². The number of nitrogens with zero attached hydrogens (tertiary/aromatic N) is 2. The summed E-state index contributed by atoms with van der Waals surface area (Å²) in [4.78, 5) is 41.0. The lowest BCUT2D eigenvalue weighted by molar-refractivity contribution is -0.146. The lowest BCUT2D eigenvalue weighted by atomic mass is 9.49. The molecule has 5 rings (SSSR count). The van der Waals surface area contributed by atoms with E-state index in [9.17, 15) is 14.4 Å². The molecule has 4 saturated carbocycles. The average Bonchev–Trinajstić information content (AvgIpc) is 3.09. The molecule has 0 aromatic heterocycles. The molecule has 1 heterocycles. The fourth-order valence-electron chi connectivity index (χ4n) is 6.19. The average molecular weight is 394 g/mol. The van der Waals surface area contributed by atoms with Gasteiger partial charge in [-0.15, -0.1) is 11.8 Å². The molecule has 27 heavy (non-hydrogen) atoms. The predicted molar refractivity (Wildman–Crippen MR) is 105 cm³/mol. The van der Waals surface area contributed by atoms with Crippen LogP contribution in [0.5, 0.6) is 0 Å². The number of thioether (sulfide) groups is 1. The van der Waals surface area contributed by atoms with E-state index in [2.05, 4.69) is 5.32 Å². The van der Waals surface area contributed by atoms with Crippen molar-refractivity contribution in [3.05, 3.63) is 0 Å². The van der Waals surface area contributed by atoms with Crippen LogP contribution in [0.2, 0.25) is 0 Å². The molecule has 4 bridgehead atoms. The van der Waals surface area contributed by atoms with Crippen LogP contribution in [0.25, 0.3) is 0 Å². The van der Waals surface area contributed by atoms with Gasteiger partial charge in [0.15, 0.2) is 0 Å². The van der Waals surface area contributed by atoms with Crippen molar-refractivity contribution in [2.75, 3.05) is 32.3 Å². The highest BCUT2D eigenvalue weighted by Gasteiger charge is 2.54. The van der Waals surface area contributed by atoms with Crippen LogP contribution in [0, 0.1) is 23.2 Å². The summed E-state index contributed by atoms with van der Waals surface area (Å²) in [6.07, 6.45) is 7.36. The monoisotopic (exact) mass is 393 g/mol. The van der Waals surface area contributed by atoms with Gasteiger partial charge in [-0.3, -0.25) is 14.4 Å². The van der Waals surface area contributed by atoms with Crippen LogP contribution in [-0.4, -0.2) is 65.8 Å². The van der Waals surface area contributed by atoms with E-state index < -0.39 is 0 Å². The van der Waals surface area contributed by atoms with E-state index >= 15 is 0 Å². The third-order valence-corrected chi connectivity index (χ3v) is 8.09. The second-order valence-corrected chi connectivity index (χ2v) is 10.3. The fraction of sp³-hybridized carbons (Fsp3) is 0.850. The molecular weight excluding hydrogens is 362 g/mol.